The van der Waals surface area contributed by atoms with Gasteiger partial charge in [0.25, 0.3) is 0 Å². The fourth-order valence-corrected chi connectivity index (χ4v) is 5.19. The molecule has 3 rings (SSSR count). The van der Waals surface area contributed by atoms with Gasteiger partial charge in [0.1, 0.15) is 6.26 Å². The summed E-state index contributed by atoms with van der Waals surface area (Å²) >= 11 is 6.15. The molecule has 0 aromatic carbocycles. The topological polar surface area (TPSA) is 87.9 Å². The molecule has 0 bridgehead atoms. The van der Waals surface area contributed by atoms with Crippen molar-refractivity contribution in [1.82, 2.24) is 5.16 Å². The highest BCUT2D eigenvalue weighted by Crippen LogP contribution is 2.64. The van der Waals surface area contributed by atoms with Gasteiger partial charge in [-0.2, -0.15) is 0 Å². The first-order chi connectivity index (χ1) is 13.4. The van der Waals surface area contributed by atoms with E-state index in [4.69, 9.17) is 18.7 Å². The molecule has 0 saturated carbocycles. The zero-order valence-electron chi connectivity index (χ0n) is 14.4. The van der Waals surface area contributed by atoms with Gasteiger partial charge in [-0.3, -0.25) is 9.59 Å². The first-order valence-corrected chi connectivity index (χ1v) is 16.2. The number of ketones is 1. The average Bonchev–Trinajstić information content (AvgIpc) is 3.28. The quantitative estimate of drug-likeness (QED) is 0.206. The third kappa shape index (κ3) is 4.74. The lowest BCUT2D eigenvalue weighted by molar-refractivity contribution is -0.203. The molecular formula is C17H12I2NO6PS. The molecule has 1 saturated heterocycles. The first-order valence-electron chi connectivity index (χ1n) is 7.83. The number of Topliss-reactive ketones (excluding diaryl/α,β-unsaturated/α-hetero) is 1. The third-order valence-corrected chi connectivity index (χ3v) is 8.37. The van der Waals surface area contributed by atoms with Crippen molar-refractivity contribution in [3.63, 3.8) is 0 Å². The molecular weight excluding hydrogens is 631 g/mol. The fourth-order valence-electron chi connectivity index (χ4n) is 2.87. The van der Waals surface area contributed by atoms with E-state index >= 15 is 0 Å². The second kappa shape index (κ2) is 9.45. The van der Waals surface area contributed by atoms with Gasteiger partial charge in [-0.15, -0.1) is 0 Å². The van der Waals surface area contributed by atoms with Crippen molar-refractivity contribution < 1.29 is 28.3 Å². The van der Waals surface area contributed by atoms with Gasteiger partial charge in [0.05, 0.1) is 27.6 Å². The highest BCUT2D eigenvalue weighted by Gasteiger charge is 2.60. The lowest BCUT2D eigenvalue weighted by atomic mass is 9.78. The SMILES string of the molecule is CC(=O)O[C@@]1(C#C/C=C\C#CSP(I)I)CC2(OCCO2)c2nocc2C1=O. The number of ether oxygens (including phenoxy) is 3. The van der Waals surface area contributed by atoms with Gasteiger partial charge in [-0.1, -0.05) is 17.0 Å². The summed E-state index contributed by atoms with van der Waals surface area (Å²) in [6, 6.07) is 0. The van der Waals surface area contributed by atoms with E-state index in [9.17, 15) is 9.59 Å². The number of fused-ring (bicyclic) bond motifs is 2. The van der Waals surface area contributed by atoms with Crippen LogP contribution in [-0.4, -0.2) is 35.7 Å². The molecule has 0 N–H and O–H groups in total. The Morgan fingerprint density at radius 2 is 2.07 bits per heavy atom. The van der Waals surface area contributed by atoms with E-state index in [0.717, 1.165) is 0 Å². The predicted molar refractivity (Wildman–Crippen MR) is 121 cm³/mol. The lowest BCUT2D eigenvalue weighted by Gasteiger charge is -2.38. The number of allylic oxidation sites excluding steroid dienone is 2. The summed E-state index contributed by atoms with van der Waals surface area (Å²) in [4.78, 5) is 24.8. The number of nitrogens with zero attached hydrogens (tertiary/aromatic N) is 1. The van der Waals surface area contributed by atoms with Crippen molar-refractivity contribution in [2.75, 3.05) is 13.2 Å². The van der Waals surface area contributed by atoms with Gasteiger partial charge in [-0.25, -0.2) is 0 Å². The van der Waals surface area contributed by atoms with E-state index in [1.807, 2.05) is 0 Å². The normalized spacial score (nSPS) is 22.5. The Morgan fingerprint density at radius 1 is 1.36 bits per heavy atom. The Bertz CT molecular complexity index is 935. The third-order valence-electron chi connectivity index (χ3n) is 3.79. The van der Waals surface area contributed by atoms with Crippen molar-refractivity contribution in [2.45, 2.75) is 24.7 Å². The number of rotatable bonds is 2. The Morgan fingerprint density at radius 3 is 2.75 bits per heavy atom. The van der Waals surface area contributed by atoms with Crippen LogP contribution < -0.4 is 0 Å². The second-order valence-corrected chi connectivity index (χ2v) is 23.3. The van der Waals surface area contributed by atoms with Gasteiger partial charge in [0, 0.05) is 6.92 Å². The van der Waals surface area contributed by atoms with Crippen LogP contribution in [0.5, 0.6) is 0 Å². The summed E-state index contributed by atoms with van der Waals surface area (Å²) in [5, 5.41) is 6.80. The van der Waals surface area contributed by atoms with Crippen LogP contribution in [0.15, 0.2) is 22.9 Å². The number of halogens is 2. The molecule has 11 heteroatoms. The monoisotopic (exact) mass is 643 g/mol. The summed E-state index contributed by atoms with van der Waals surface area (Å²) in [5.74, 6) is 5.86. The largest absolute Gasteiger partial charge is 0.438 e. The van der Waals surface area contributed by atoms with Crippen LogP contribution in [-0.2, 0) is 24.8 Å². The summed E-state index contributed by atoms with van der Waals surface area (Å²) in [6.07, 6.45) is 4.13. The fraction of sp³-hybridized carbons (Fsp3) is 0.353. The minimum absolute atomic E-state index is 0.126. The maximum atomic E-state index is 13.1. The molecule has 7 nitrogen and oxygen atoms in total. The van der Waals surface area contributed by atoms with Gasteiger partial charge < -0.3 is 18.7 Å². The molecule has 146 valence electrons. The number of aromatic nitrogens is 1. The summed E-state index contributed by atoms with van der Waals surface area (Å²) in [7, 11) is 0. The second-order valence-electron chi connectivity index (χ2n) is 5.60. The molecule has 1 aliphatic carbocycles. The summed E-state index contributed by atoms with van der Waals surface area (Å²) in [5.41, 5.74) is -1.39. The number of carbonyl (C=O) groups is 2. The average molecular weight is 643 g/mol. The molecule has 1 atom stereocenters. The molecule has 1 aromatic rings. The summed E-state index contributed by atoms with van der Waals surface area (Å²) < 4.78 is 21.6. The Hall–Kier alpha value is -0.630. The molecule has 28 heavy (non-hydrogen) atoms. The van der Waals surface area contributed by atoms with Gasteiger partial charge in [0.15, 0.2) is 5.69 Å². The zero-order chi connectivity index (χ0) is 20.2. The van der Waals surface area contributed by atoms with Crippen molar-refractivity contribution in [1.29, 1.82) is 0 Å². The molecule has 1 aromatic heterocycles. The van der Waals surface area contributed by atoms with Crippen LogP contribution in [0, 0.1) is 23.0 Å². The van der Waals surface area contributed by atoms with Gasteiger partial charge >= 0.3 is 5.97 Å². The van der Waals surface area contributed by atoms with E-state index in [1.54, 1.807) is 6.08 Å². The van der Waals surface area contributed by atoms with Crippen LogP contribution in [0.1, 0.15) is 29.4 Å². The number of hydrogen-bond acceptors (Lipinski definition) is 8. The molecule has 1 fully saturated rings. The lowest BCUT2D eigenvalue weighted by Crippen LogP contribution is -2.53. The van der Waals surface area contributed by atoms with Crippen LogP contribution in [0.2, 0.25) is 0 Å². The minimum Gasteiger partial charge on any atom is -0.438 e. The molecule has 2 aliphatic rings. The van der Waals surface area contributed by atoms with Crippen LogP contribution in [0.4, 0.5) is 0 Å². The van der Waals surface area contributed by atoms with E-state index < -0.39 is 23.1 Å². The summed E-state index contributed by atoms with van der Waals surface area (Å²) in [6.45, 7) is 1.84. The molecule has 0 radical (unpaired) electrons. The Labute approximate surface area is 192 Å². The van der Waals surface area contributed by atoms with Gasteiger partial charge in [-0.05, 0) is 78.8 Å². The zero-order valence-corrected chi connectivity index (χ0v) is 20.4. The number of hydrogen-bond donors (Lipinski definition) is 0. The van der Waals surface area contributed by atoms with Crippen molar-refractivity contribution in [3.8, 4) is 23.0 Å². The van der Waals surface area contributed by atoms with Crippen molar-refractivity contribution >= 4 is 69.6 Å². The number of carbonyl (C=O) groups excluding carboxylic acids is 2. The van der Waals surface area contributed by atoms with E-state index in [1.165, 1.54) is 30.6 Å². The van der Waals surface area contributed by atoms with E-state index in [2.05, 4.69) is 72.3 Å². The van der Waals surface area contributed by atoms with Gasteiger partial charge in [0.2, 0.25) is 17.2 Å². The Balaban J connectivity index is 1.94. The van der Waals surface area contributed by atoms with Crippen LogP contribution in [0.3, 0.4) is 0 Å². The van der Waals surface area contributed by atoms with Crippen molar-refractivity contribution in [3.05, 3.63) is 29.7 Å². The smallest absolute Gasteiger partial charge is 0.304 e. The molecule has 1 spiro atoms. The standard InChI is InChI=1S/C17H12I2NO6PS/c1-12(21)26-16(6-4-2-3-5-9-28-27(18)19)11-17(23-7-8-24-17)14-13(15(16)22)10-25-20-14/h2-3,10H,7-8,11H2,1H3/b3-2-/t16-/m0/s1. The molecule has 1 aliphatic heterocycles. The highest BCUT2D eigenvalue weighted by atomic mass is 127. The first kappa shape index (κ1) is 22.1. The Kier molecular flexibility index (Phi) is 7.45. The van der Waals surface area contributed by atoms with Crippen LogP contribution in [0.25, 0.3) is 0 Å². The molecule has 0 amide bonds. The minimum atomic E-state index is -1.76. The predicted octanol–water partition coefficient (Wildman–Crippen LogP) is 4.11. The molecule has 0 unspecified atom stereocenters. The highest BCUT2D eigenvalue weighted by molar-refractivity contribution is 14.3. The maximum absolute atomic E-state index is 13.1. The molecule has 2 heterocycles. The number of esters is 1. The van der Waals surface area contributed by atoms with E-state index in [0.29, 0.717) is 13.2 Å². The maximum Gasteiger partial charge on any atom is 0.304 e. The van der Waals surface area contributed by atoms with E-state index in [-0.39, 0.29) is 20.1 Å². The van der Waals surface area contributed by atoms with Crippen LogP contribution >= 0.6 is 57.9 Å². The van der Waals surface area contributed by atoms with Crippen molar-refractivity contribution in [2.24, 2.45) is 0 Å².